The van der Waals surface area contributed by atoms with Crippen molar-refractivity contribution in [3.05, 3.63) is 63.4 Å². The predicted molar refractivity (Wildman–Crippen MR) is 124 cm³/mol. The van der Waals surface area contributed by atoms with Crippen molar-refractivity contribution in [1.29, 1.82) is 0 Å². The summed E-state index contributed by atoms with van der Waals surface area (Å²) in [6.07, 6.45) is 1.69. The molecule has 0 saturated carbocycles. The van der Waals surface area contributed by atoms with E-state index in [1.165, 1.54) is 23.5 Å². The van der Waals surface area contributed by atoms with Crippen LogP contribution in [0.5, 0.6) is 0 Å². The lowest BCUT2D eigenvalue weighted by Gasteiger charge is -2.30. The predicted octanol–water partition coefficient (Wildman–Crippen LogP) is 1.43. The number of rotatable bonds is 5. The minimum Gasteiger partial charge on any atom is -0.465 e. The number of nitrogens with one attached hydrogen (secondary N) is 2. The Bertz CT molecular complexity index is 1420. The van der Waals surface area contributed by atoms with E-state index in [4.69, 9.17) is 9.26 Å². The van der Waals surface area contributed by atoms with Gasteiger partial charge in [-0.1, -0.05) is 17.3 Å². The molecule has 184 valence electrons. The van der Waals surface area contributed by atoms with Crippen molar-refractivity contribution >= 4 is 16.0 Å². The van der Waals surface area contributed by atoms with Crippen LogP contribution in [0.25, 0.3) is 11.4 Å². The Morgan fingerprint density at radius 3 is 2.77 bits per heavy atom. The maximum atomic E-state index is 13.2. The number of carbonyl (C=O) groups excluding carboxylic acids is 1. The first-order valence-electron chi connectivity index (χ1n) is 11.4. The summed E-state index contributed by atoms with van der Waals surface area (Å²) in [5, 5.41) is 7.29. The first-order valence-corrected chi connectivity index (χ1v) is 12.8. The molecule has 2 aromatic heterocycles. The number of ether oxygens (including phenoxy) is 1. The molecule has 0 amide bonds. The first kappa shape index (κ1) is 23.4. The highest BCUT2D eigenvalue weighted by atomic mass is 32.2. The van der Waals surface area contributed by atoms with Crippen LogP contribution in [-0.4, -0.2) is 60.6 Å². The van der Waals surface area contributed by atoms with Crippen LogP contribution in [0.3, 0.4) is 0 Å². The molecule has 1 aromatic carbocycles. The van der Waals surface area contributed by atoms with E-state index in [-0.39, 0.29) is 40.9 Å². The molecule has 35 heavy (non-hydrogen) atoms. The van der Waals surface area contributed by atoms with E-state index in [0.717, 1.165) is 24.2 Å². The van der Waals surface area contributed by atoms with Crippen molar-refractivity contribution < 1.29 is 22.5 Å². The first-order chi connectivity index (χ1) is 16.9. The van der Waals surface area contributed by atoms with Crippen molar-refractivity contribution in [2.24, 2.45) is 0 Å². The summed E-state index contributed by atoms with van der Waals surface area (Å²) in [6.45, 7) is 1.93. The second kappa shape index (κ2) is 9.36. The zero-order valence-corrected chi connectivity index (χ0v) is 19.9. The van der Waals surface area contributed by atoms with Crippen molar-refractivity contribution in [3.63, 3.8) is 0 Å². The van der Waals surface area contributed by atoms with Crippen LogP contribution >= 0.6 is 0 Å². The number of carbonyl (C=O) groups is 1. The lowest BCUT2D eigenvalue weighted by molar-refractivity contribution is 0.0596. The number of hydrogen-bond donors (Lipinski definition) is 2. The third-order valence-electron chi connectivity index (χ3n) is 6.48. The van der Waals surface area contributed by atoms with Gasteiger partial charge in [-0.05, 0) is 36.6 Å². The zero-order valence-electron chi connectivity index (χ0n) is 19.1. The fourth-order valence-electron chi connectivity index (χ4n) is 4.56. The molecule has 0 aliphatic carbocycles. The van der Waals surface area contributed by atoms with Crippen LogP contribution in [0.4, 0.5) is 0 Å². The molecule has 0 unspecified atom stereocenters. The molecule has 5 rings (SSSR count). The van der Waals surface area contributed by atoms with Gasteiger partial charge in [0.2, 0.25) is 21.7 Å². The van der Waals surface area contributed by atoms with Crippen molar-refractivity contribution in [2.75, 3.05) is 26.7 Å². The van der Waals surface area contributed by atoms with Gasteiger partial charge in [-0.2, -0.15) is 9.29 Å². The quantitative estimate of drug-likeness (QED) is 0.497. The molecule has 0 bridgehead atoms. The number of aromatic amines is 1. The molecule has 3 aromatic rings. The number of esters is 1. The normalized spacial score (nSPS) is 17.2. The van der Waals surface area contributed by atoms with Crippen LogP contribution < -0.4 is 10.9 Å². The standard InChI is InChI=1S/C23H25N5O6S/c1-33-23(30)16-4-2-3-5-19(16)35(31,32)28-10-7-14(8-11-28)22-26-20(27-34-22)17-12-15-13-24-9-6-18(15)25-21(17)29/h2-5,12,14,24H,6-11,13H2,1H3,(H,25,29). The number of H-pyrrole nitrogens is 1. The average Bonchev–Trinajstić information content (AvgIpc) is 3.38. The number of hydrogen-bond acceptors (Lipinski definition) is 9. The second-order valence-electron chi connectivity index (χ2n) is 8.57. The van der Waals surface area contributed by atoms with Gasteiger partial charge >= 0.3 is 5.97 Å². The van der Waals surface area contributed by atoms with Gasteiger partial charge in [0, 0.05) is 44.2 Å². The summed E-state index contributed by atoms with van der Waals surface area (Å²) in [6, 6.07) is 7.80. The summed E-state index contributed by atoms with van der Waals surface area (Å²) in [4.78, 5) is 31.9. The molecule has 1 saturated heterocycles. The SMILES string of the molecule is COC(=O)c1ccccc1S(=O)(=O)N1CCC(c2nc(-c3cc4c([nH]c3=O)CCNC4)no2)CC1. The van der Waals surface area contributed by atoms with Crippen LogP contribution in [0.1, 0.15) is 46.3 Å². The van der Waals surface area contributed by atoms with Gasteiger partial charge in [-0.25, -0.2) is 13.2 Å². The number of piperidine rings is 1. The Hall–Kier alpha value is -3.35. The summed E-state index contributed by atoms with van der Waals surface area (Å²) < 4.78 is 38.0. The fraction of sp³-hybridized carbons (Fsp3) is 0.391. The van der Waals surface area contributed by atoms with Crippen LogP contribution in [0.2, 0.25) is 0 Å². The number of benzene rings is 1. The van der Waals surface area contributed by atoms with Crippen LogP contribution in [0, 0.1) is 0 Å². The molecule has 0 atom stereocenters. The number of fused-ring (bicyclic) bond motifs is 1. The number of sulfonamides is 1. The third-order valence-corrected chi connectivity index (χ3v) is 8.44. The third kappa shape index (κ3) is 4.40. The lowest BCUT2D eigenvalue weighted by atomic mass is 9.98. The Morgan fingerprint density at radius 1 is 1.23 bits per heavy atom. The maximum absolute atomic E-state index is 13.2. The van der Waals surface area contributed by atoms with E-state index in [9.17, 15) is 18.0 Å². The van der Waals surface area contributed by atoms with Gasteiger partial charge in [0.1, 0.15) is 0 Å². The van der Waals surface area contributed by atoms with Gasteiger partial charge in [-0.3, -0.25) is 4.79 Å². The van der Waals surface area contributed by atoms with E-state index in [0.29, 0.717) is 30.8 Å². The van der Waals surface area contributed by atoms with Gasteiger partial charge in [0.15, 0.2) is 0 Å². The molecule has 2 aliphatic rings. The molecule has 0 spiro atoms. The summed E-state index contributed by atoms with van der Waals surface area (Å²) in [7, 11) is -2.68. The Labute approximate surface area is 201 Å². The lowest BCUT2D eigenvalue weighted by Crippen LogP contribution is -2.38. The highest BCUT2D eigenvalue weighted by Gasteiger charge is 2.34. The number of methoxy groups -OCH3 is 1. The van der Waals surface area contributed by atoms with E-state index < -0.39 is 16.0 Å². The van der Waals surface area contributed by atoms with E-state index in [1.54, 1.807) is 18.2 Å². The summed E-state index contributed by atoms with van der Waals surface area (Å²) in [5.41, 5.74) is 2.01. The van der Waals surface area contributed by atoms with Crippen LogP contribution in [-0.2, 0) is 27.7 Å². The van der Waals surface area contributed by atoms with Gasteiger partial charge < -0.3 is 19.6 Å². The highest BCUT2D eigenvalue weighted by Crippen LogP contribution is 2.31. The largest absolute Gasteiger partial charge is 0.465 e. The number of pyridine rings is 1. The Balaban J connectivity index is 1.32. The van der Waals surface area contributed by atoms with E-state index in [2.05, 4.69) is 20.4 Å². The minimum absolute atomic E-state index is 0.00383. The smallest absolute Gasteiger partial charge is 0.339 e. The highest BCUT2D eigenvalue weighted by molar-refractivity contribution is 7.89. The average molecular weight is 500 g/mol. The van der Waals surface area contributed by atoms with Gasteiger partial charge in [-0.15, -0.1) is 0 Å². The fourth-order valence-corrected chi connectivity index (χ4v) is 6.21. The molecule has 1 fully saturated rings. The van der Waals surface area contributed by atoms with E-state index >= 15 is 0 Å². The number of nitrogens with zero attached hydrogens (tertiary/aromatic N) is 3. The molecule has 0 radical (unpaired) electrons. The maximum Gasteiger partial charge on any atom is 0.339 e. The molecule has 11 nitrogen and oxygen atoms in total. The molecule has 12 heteroatoms. The molecular weight excluding hydrogens is 474 g/mol. The molecular formula is C23H25N5O6S. The number of aromatic nitrogens is 3. The van der Waals surface area contributed by atoms with Crippen molar-refractivity contribution in [1.82, 2.24) is 24.7 Å². The minimum atomic E-state index is -3.89. The van der Waals surface area contributed by atoms with Crippen molar-refractivity contribution in [2.45, 2.75) is 36.6 Å². The second-order valence-corrected chi connectivity index (χ2v) is 10.5. The summed E-state index contributed by atoms with van der Waals surface area (Å²) in [5.74, 6) is -0.249. The topological polar surface area (TPSA) is 147 Å². The van der Waals surface area contributed by atoms with Gasteiger partial charge in [0.05, 0.1) is 23.1 Å². The molecule has 2 aliphatic heterocycles. The zero-order chi connectivity index (χ0) is 24.6. The molecule has 4 heterocycles. The Morgan fingerprint density at radius 2 is 2.00 bits per heavy atom. The monoisotopic (exact) mass is 499 g/mol. The van der Waals surface area contributed by atoms with Crippen LogP contribution in [0.15, 0.2) is 44.5 Å². The van der Waals surface area contributed by atoms with Gasteiger partial charge in [0.25, 0.3) is 5.56 Å². The van der Waals surface area contributed by atoms with E-state index in [1.807, 2.05) is 0 Å². The van der Waals surface area contributed by atoms with Crippen molar-refractivity contribution in [3.8, 4) is 11.4 Å². The summed E-state index contributed by atoms with van der Waals surface area (Å²) >= 11 is 0. The Kier molecular flexibility index (Phi) is 6.26. The molecule has 2 N–H and O–H groups in total.